The van der Waals surface area contributed by atoms with Crippen LogP contribution >= 0.6 is 11.6 Å². The molecule has 0 aliphatic carbocycles. The molecule has 142 valence electrons. The van der Waals surface area contributed by atoms with Crippen LogP contribution in [0.25, 0.3) is 10.9 Å². The summed E-state index contributed by atoms with van der Waals surface area (Å²) in [6.07, 6.45) is 6.27. The van der Waals surface area contributed by atoms with Gasteiger partial charge in [-0.1, -0.05) is 11.6 Å². The molecule has 2 aliphatic heterocycles. The van der Waals surface area contributed by atoms with E-state index in [1.165, 1.54) is 10.6 Å². The summed E-state index contributed by atoms with van der Waals surface area (Å²) in [6, 6.07) is 3.99. The van der Waals surface area contributed by atoms with Crippen LogP contribution in [0, 0.1) is 0 Å². The molecule has 2 fully saturated rings. The van der Waals surface area contributed by atoms with E-state index in [4.69, 9.17) is 16.3 Å². The van der Waals surface area contributed by atoms with Crippen molar-refractivity contribution in [2.45, 2.75) is 25.5 Å². The lowest BCUT2D eigenvalue weighted by molar-refractivity contribution is -0.0366. The van der Waals surface area contributed by atoms with Crippen molar-refractivity contribution in [2.24, 2.45) is 0 Å². The van der Waals surface area contributed by atoms with Crippen LogP contribution in [0.1, 0.15) is 25.5 Å². The number of hydrogen-bond acceptors (Lipinski definition) is 5. The monoisotopic (exact) mass is 398 g/mol. The van der Waals surface area contributed by atoms with Crippen LogP contribution in [0.5, 0.6) is 0 Å². The Morgan fingerprint density at radius 3 is 2.62 bits per heavy atom. The molecule has 2 saturated heterocycles. The minimum absolute atomic E-state index is 0.0264. The van der Waals surface area contributed by atoms with E-state index < -0.39 is 10.0 Å². The number of ether oxygens (including phenoxy) is 1. The topological polar surface area (TPSA) is 67.7 Å². The summed E-state index contributed by atoms with van der Waals surface area (Å²) in [7, 11) is -3.14. The van der Waals surface area contributed by atoms with E-state index in [1.54, 1.807) is 0 Å². The summed E-state index contributed by atoms with van der Waals surface area (Å²) in [5.41, 5.74) is 1.90. The van der Waals surface area contributed by atoms with E-state index in [1.807, 2.05) is 23.0 Å². The van der Waals surface area contributed by atoms with Gasteiger partial charge in [0.05, 0.1) is 28.7 Å². The van der Waals surface area contributed by atoms with Gasteiger partial charge in [0, 0.05) is 38.2 Å². The Labute approximate surface area is 158 Å². The van der Waals surface area contributed by atoms with Crippen molar-refractivity contribution in [2.75, 3.05) is 43.9 Å². The molecule has 1 unspecified atom stereocenters. The van der Waals surface area contributed by atoms with Crippen LogP contribution in [0.3, 0.4) is 0 Å². The molecule has 9 heteroatoms. The van der Waals surface area contributed by atoms with Gasteiger partial charge >= 0.3 is 0 Å². The van der Waals surface area contributed by atoms with E-state index in [9.17, 15) is 8.42 Å². The Morgan fingerprint density at radius 2 is 1.96 bits per heavy atom. The first-order chi connectivity index (χ1) is 12.4. The Balaban J connectivity index is 1.59. The summed E-state index contributed by atoms with van der Waals surface area (Å²) in [6.45, 7) is 2.96. The van der Waals surface area contributed by atoms with Crippen LogP contribution in [0.2, 0.25) is 5.02 Å². The van der Waals surface area contributed by atoms with Gasteiger partial charge in [-0.2, -0.15) is 9.40 Å². The average Bonchev–Trinajstić information content (AvgIpc) is 3.04. The van der Waals surface area contributed by atoms with Gasteiger partial charge in [0.2, 0.25) is 10.0 Å². The molecule has 4 rings (SSSR count). The fourth-order valence-corrected chi connectivity index (χ4v) is 4.81. The van der Waals surface area contributed by atoms with Crippen molar-refractivity contribution in [1.29, 1.82) is 0 Å². The number of rotatable bonds is 3. The second kappa shape index (κ2) is 6.99. The summed E-state index contributed by atoms with van der Waals surface area (Å²) in [5.74, 6) is 0. The Bertz CT molecular complexity index is 900. The third-order valence-corrected chi connectivity index (χ3v) is 6.75. The maximum Gasteiger partial charge on any atom is 0.211 e. The van der Waals surface area contributed by atoms with E-state index in [0.717, 1.165) is 42.5 Å². The van der Waals surface area contributed by atoms with Crippen molar-refractivity contribution in [1.82, 2.24) is 14.1 Å². The maximum absolute atomic E-state index is 11.7. The molecule has 3 heterocycles. The van der Waals surface area contributed by atoms with Crippen LogP contribution in [0.15, 0.2) is 18.3 Å². The van der Waals surface area contributed by atoms with E-state index in [2.05, 4.69) is 10.00 Å². The second-order valence-corrected chi connectivity index (χ2v) is 9.31. The van der Waals surface area contributed by atoms with E-state index in [-0.39, 0.29) is 6.23 Å². The third kappa shape index (κ3) is 3.43. The first-order valence-corrected chi connectivity index (χ1v) is 11.1. The number of hydrogen-bond donors (Lipinski definition) is 0. The minimum Gasteiger partial charge on any atom is -0.368 e. The summed E-state index contributed by atoms with van der Waals surface area (Å²) >= 11 is 6.58. The minimum atomic E-state index is -3.14. The number of piperazine rings is 1. The van der Waals surface area contributed by atoms with Crippen LogP contribution < -0.4 is 4.90 Å². The smallest absolute Gasteiger partial charge is 0.211 e. The number of halogens is 1. The molecular weight excluding hydrogens is 376 g/mol. The fraction of sp³-hybridized carbons (Fsp3) is 0.588. The van der Waals surface area contributed by atoms with Gasteiger partial charge in [-0.3, -0.25) is 0 Å². The van der Waals surface area contributed by atoms with Gasteiger partial charge in [0.1, 0.15) is 0 Å². The number of benzene rings is 1. The molecule has 0 bridgehead atoms. The molecule has 0 spiro atoms. The molecule has 0 saturated carbocycles. The number of nitrogens with zero attached hydrogens (tertiary/aromatic N) is 4. The number of anilines is 1. The number of sulfonamides is 1. The zero-order chi connectivity index (χ0) is 18.3. The molecule has 2 aliphatic rings. The highest BCUT2D eigenvalue weighted by Gasteiger charge is 2.25. The molecule has 1 aromatic heterocycles. The van der Waals surface area contributed by atoms with Gasteiger partial charge in [-0.25, -0.2) is 13.1 Å². The first kappa shape index (κ1) is 18.0. The molecule has 2 aromatic rings. The predicted octanol–water partition coefficient (Wildman–Crippen LogP) is 2.47. The molecule has 0 amide bonds. The van der Waals surface area contributed by atoms with Gasteiger partial charge in [0.15, 0.2) is 6.23 Å². The highest BCUT2D eigenvalue weighted by molar-refractivity contribution is 7.88. The van der Waals surface area contributed by atoms with Crippen LogP contribution in [0.4, 0.5) is 5.69 Å². The van der Waals surface area contributed by atoms with Crippen molar-refractivity contribution >= 4 is 38.2 Å². The lowest BCUT2D eigenvalue weighted by atomic mass is 10.1. The fourth-order valence-electron chi connectivity index (χ4n) is 3.70. The van der Waals surface area contributed by atoms with Crippen molar-refractivity contribution in [3.63, 3.8) is 0 Å². The van der Waals surface area contributed by atoms with Crippen LogP contribution in [-0.4, -0.2) is 61.5 Å². The molecule has 26 heavy (non-hydrogen) atoms. The zero-order valence-electron chi connectivity index (χ0n) is 14.8. The number of aromatic nitrogens is 2. The van der Waals surface area contributed by atoms with Crippen molar-refractivity contribution in [3.05, 3.63) is 23.4 Å². The molecule has 1 aromatic carbocycles. The lowest BCUT2D eigenvalue weighted by Gasteiger charge is -2.35. The van der Waals surface area contributed by atoms with Crippen molar-refractivity contribution < 1.29 is 13.2 Å². The quantitative estimate of drug-likeness (QED) is 0.794. The molecule has 1 atom stereocenters. The molecule has 0 N–H and O–H groups in total. The van der Waals surface area contributed by atoms with Gasteiger partial charge < -0.3 is 9.64 Å². The van der Waals surface area contributed by atoms with Gasteiger partial charge in [-0.15, -0.1) is 0 Å². The van der Waals surface area contributed by atoms with Gasteiger partial charge in [-0.05, 0) is 31.4 Å². The molecular formula is C17H23ClN4O3S. The Hall–Kier alpha value is -1.35. The molecule has 0 radical (unpaired) electrons. The first-order valence-electron chi connectivity index (χ1n) is 8.92. The Kier molecular flexibility index (Phi) is 4.85. The highest BCUT2D eigenvalue weighted by atomic mass is 35.5. The standard InChI is InChI=1S/C17H23ClN4O3S/c1-26(23,24)21-7-5-20(6-8-21)16-10-13-12-19-22(15(13)11-14(16)18)17-4-2-3-9-25-17/h10-12,17H,2-9H2,1H3. The maximum atomic E-state index is 11.7. The Morgan fingerprint density at radius 1 is 1.19 bits per heavy atom. The number of fused-ring (bicyclic) bond motifs is 1. The third-order valence-electron chi connectivity index (χ3n) is 5.14. The van der Waals surface area contributed by atoms with E-state index >= 15 is 0 Å². The van der Waals surface area contributed by atoms with Crippen molar-refractivity contribution in [3.8, 4) is 0 Å². The zero-order valence-corrected chi connectivity index (χ0v) is 16.3. The lowest BCUT2D eigenvalue weighted by Crippen LogP contribution is -2.48. The second-order valence-electron chi connectivity index (χ2n) is 6.92. The van der Waals surface area contributed by atoms with E-state index in [0.29, 0.717) is 31.2 Å². The highest BCUT2D eigenvalue weighted by Crippen LogP contribution is 2.34. The normalized spacial score (nSPS) is 22.8. The SMILES string of the molecule is CS(=O)(=O)N1CCN(c2cc3cnn(C4CCCCO4)c3cc2Cl)CC1. The largest absolute Gasteiger partial charge is 0.368 e. The summed E-state index contributed by atoms with van der Waals surface area (Å²) in [4.78, 5) is 2.14. The predicted molar refractivity (Wildman–Crippen MR) is 102 cm³/mol. The van der Waals surface area contributed by atoms with Crippen LogP contribution in [-0.2, 0) is 14.8 Å². The summed E-state index contributed by atoms with van der Waals surface area (Å²) in [5, 5.41) is 6.19. The van der Waals surface area contributed by atoms with Gasteiger partial charge in [0.25, 0.3) is 0 Å². The molecule has 7 nitrogen and oxygen atoms in total. The average molecular weight is 399 g/mol. The summed E-state index contributed by atoms with van der Waals surface area (Å²) < 4.78 is 32.6.